The first-order valence-electron chi connectivity index (χ1n) is 4.36. The number of H-pyrrole nitrogens is 2. The summed E-state index contributed by atoms with van der Waals surface area (Å²) in [5.41, 5.74) is -0.787. The van der Waals surface area contributed by atoms with Gasteiger partial charge in [0.15, 0.2) is 4.77 Å². The fourth-order valence-corrected chi connectivity index (χ4v) is 1.57. The minimum Gasteiger partial charge on any atom is -0.332 e. The Hall–Kier alpha value is -1.82. The van der Waals surface area contributed by atoms with E-state index in [4.69, 9.17) is 12.2 Å². The molecule has 0 fully saturated rings. The summed E-state index contributed by atoms with van der Waals surface area (Å²) in [5.74, 6) is -1.51. The summed E-state index contributed by atoms with van der Waals surface area (Å²) in [6.45, 7) is 0. The number of benzene rings is 1. The van der Waals surface area contributed by atoms with Crippen molar-refractivity contribution in [3.63, 3.8) is 0 Å². The summed E-state index contributed by atoms with van der Waals surface area (Å²) < 4.78 is 26.8. The molecule has 1 aromatic heterocycles. The zero-order valence-corrected chi connectivity index (χ0v) is 8.70. The lowest BCUT2D eigenvalue weighted by Crippen LogP contribution is -2.07. The fraction of sp³-hybridized carbons (Fsp3) is 0. The first kappa shape index (κ1) is 10.7. The third-order valence-electron chi connectivity index (χ3n) is 1.99. The molecule has 0 atom stereocenters. The number of hydrogen-bond acceptors (Lipinski definition) is 2. The Kier molecular flexibility index (Phi) is 2.66. The van der Waals surface area contributed by atoms with Crippen molar-refractivity contribution in [2.24, 2.45) is 0 Å². The number of aromatic nitrogens is 2. The Balaban J connectivity index is 2.77. The Bertz CT molecular complexity index is 599. The molecule has 0 unspecified atom stereocenters. The second kappa shape index (κ2) is 3.97. The van der Waals surface area contributed by atoms with Crippen molar-refractivity contribution in [2.45, 2.75) is 0 Å². The number of aromatic amines is 2. The average Bonchev–Trinajstić information content (AvgIpc) is 2.15. The molecule has 0 radical (unpaired) electrons. The van der Waals surface area contributed by atoms with Crippen LogP contribution < -0.4 is 5.56 Å². The molecule has 1 aromatic carbocycles. The Labute approximate surface area is 93.8 Å². The Morgan fingerprint density at radius 2 is 1.75 bits per heavy atom. The van der Waals surface area contributed by atoms with E-state index < -0.39 is 17.2 Å². The van der Waals surface area contributed by atoms with E-state index in [1.807, 2.05) is 0 Å². The van der Waals surface area contributed by atoms with Crippen LogP contribution in [-0.4, -0.2) is 9.97 Å². The van der Waals surface area contributed by atoms with Crippen LogP contribution in [0, 0.1) is 16.4 Å². The zero-order valence-electron chi connectivity index (χ0n) is 7.88. The maximum atomic E-state index is 13.4. The topological polar surface area (TPSA) is 48.6 Å². The quantitative estimate of drug-likeness (QED) is 0.752. The van der Waals surface area contributed by atoms with Crippen LogP contribution in [0.25, 0.3) is 11.3 Å². The number of hydrogen-bond donors (Lipinski definition) is 2. The molecule has 0 spiro atoms. The van der Waals surface area contributed by atoms with Gasteiger partial charge in [-0.3, -0.25) is 9.78 Å². The van der Waals surface area contributed by atoms with Gasteiger partial charge >= 0.3 is 0 Å². The smallest absolute Gasteiger partial charge is 0.252 e. The molecule has 2 aromatic rings. The summed E-state index contributed by atoms with van der Waals surface area (Å²) in [4.78, 5) is 15.9. The van der Waals surface area contributed by atoms with Crippen molar-refractivity contribution in [1.82, 2.24) is 9.97 Å². The summed E-state index contributed by atoms with van der Waals surface area (Å²) in [6, 6.07) is 4.51. The molecule has 0 aliphatic rings. The van der Waals surface area contributed by atoms with Crippen molar-refractivity contribution in [1.29, 1.82) is 0 Å². The lowest BCUT2D eigenvalue weighted by atomic mass is 10.1. The van der Waals surface area contributed by atoms with Gasteiger partial charge in [-0.1, -0.05) is 6.07 Å². The van der Waals surface area contributed by atoms with Crippen LogP contribution in [-0.2, 0) is 0 Å². The third-order valence-corrected chi connectivity index (χ3v) is 2.20. The molecule has 0 saturated heterocycles. The predicted molar refractivity (Wildman–Crippen MR) is 57.6 cm³/mol. The second-order valence-corrected chi connectivity index (χ2v) is 3.51. The van der Waals surface area contributed by atoms with E-state index in [-0.39, 0.29) is 16.0 Å². The van der Waals surface area contributed by atoms with Crippen molar-refractivity contribution in [3.05, 3.63) is 51.0 Å². The summed E-state index contributed by atoms with van der Waals surface area (Å²) in [7, 11) is 0. The van der Waals surface area contributed by atoms with Gasteiger partial charge < -0.3 is 4.98 Å². The van der Waals surface area contributed by atoms with Gasteiger partial charge in [-0.2, -0.15) is 0 Å². The minimum atomic E-state index is -0.753. The van der Waals surface area contributed by atoms with E-state index in [1.54, 1.807) is 0 Å². The van der Waals surface area contributed by atoms with Crippen molar-refractivity contribution >= 4 is 12.2 Å². The van der Waals surface area contributed by atoms with E-state index in [1.165, 1.54) is 6.07 Å². The molecule has 2 N–H and O–H groups in total. The maximum absolute atomic E-state index is 13.4. The Morgan fingerprint density at radius 1 is 1.12 bits per heavy atom. The van der Waals surface area contributed by atoms with Gasteiger partial charge in [0.2, 0.25) is 0 Å². The highest BCUT2D eigenvalue weighted by Crippen LogP contribution is 2.22. The largest absolute Gasteiger partial charge is 0.332 e. The van der Waals surface area contributed by atoms with Gasteiger partial charge in [0.05, 0.1) is 11.3 Å². The van der Waals surface area contributed by atoms with E-state index >= 15 is 0 Å². The molecule has 0 amide bonds. The molecule has 0 aliphatic carbocycles. The van der Waals surface area contributed by atoms with Gasteiger partial charge in [0.25, 0.3) is 5.56 Å². The summed E-state index contributed by atoms with van der Waals surface area (Å²) >= 11 is 4.72. The Morgan fingerprint density at radius 3 is 2.31 bits per heavy atom. The number of rotatable bonds is 1. The van der Waals surface area contributed by atoms with E-state index in [0.29, 0.717) is 0 Å². The summed E-state index contributed by atoms with van der Waals surface area (Å²) in [5, 5.41) is 0. The number of nitrogens with one attached hydrogen (secondary N) is 2. The summed E-state index contributed by atoms with van der Waals surface area (Å²) in [6.07, 6.45) is 0. The highest BCUT2D eigenvalue weighted by atomic mass is 32.1. The molecule has 1 heterocycles. The minimum absolute atomic E-state index is 0.0179. The monoisotopic (exact) mass is 240 g/mol. The molecule has 6 heteroatoms. The highest BCUT2D eigenvalue weighted by molar-refractivity contribution is 7.71. The molecule has 0 bridgehead atoms. The molecule has 0 aliphatic heterocycles. The standard InChI is InChI=1S/C10H6F2N2OS/c11-5-2-1-3-6(12)9(5)7-4-8(15)14-10(16)13-7/h1-4H,(H2,13,14,15,16). The molecule has 16 heavy (non-hydrogen) atoms. The maximum Gasteiger partial charge on any atom is 0.252 e. The lowest BCUT2D eigenvalue weighted by Gasteiger charge is -2.04. The second-order valence-electron chi connectivity index (χ2n) is 3.10. The van der Waals surface area contributed by atoms with Crippen LogP contribution in [0.4, 0.5) is 8.78 Å². The number of halogens is 2. The first-order valence-corrected chi connectivity index (χ1v) is 4.77. The first-order chi connectivity index (χ1) is 7.58. The molecule has 3 nitrogen and oxygen atoms in total. The van der Waals surface area contributed by atoms with Crippen LogP contribution >= 0.6 is 12.2 Å². The normalized spacial score (nSPS) is 10.4. The molecule has 82 valence electrons. The highest BCUT2D eigenvalue weighted by Gasteiger charge is 2.11. The van der Waals surface area contributed by atoms with Gasteiger partial charge in [-0.05, 0) is 24.4 Å². The molecule has 2 rings (SSSR count). The van der Waals surface area contributed by atoms with Gasteiger partial charge in [0.1, 0.15) is 11.6 Å². The van der Waals surface area contributed by atoms with Gasteiger partial charge in [-0.25, -0.2) is 8.78 Å². The van der Waals surface area contributed by atoms with Crippen LogP contribution in [0.3, 0.4) is 0 Å². The van der Waals surface area contributed by atoms with E-state index in [9.17, 15) is 13.6 Å². The third kappa shape index (κ3) is 1.92. The lowest BCUT2D eigenvalue weighted by molar-refractivity contribution is 0.588. The SMILES string of the molecule is O=c1cc(-c2c(F)cccc2F)[nH]c(=S)[nH]1. The molecular formula is C10H6F2N2OS. The van der Waals surface area contributed by atoms with E-state index in [0.717, 1.165) is 18.2 Å². The van der Waals surface area contributed by atoms with Gasteiger partial charge in [0, 0.05) is 6.07 Å². The predicted octanol–water partition coefficient (Wildman–Crippen LogP) is 2.38. The van der Waals surface area contributed by atoms with Crippen LogP contribution in [0.1, 0.15) is 0 Å². The van der Waals surface area contributed by atoms with Crippen molar-refractivity contribution < 1.29 is 8.78 Å². The average molecular weight is 240 g/mol. The van der Waals surface area contributed by atoms with Crippen LogP contribution in [0.5, 0.6) is 0 Å². The van der Waals surface area contributed by atoms with E-state index in [2.05, 4.69) is 9.97 Å². The van der Waals surface area contributed by atoms with Crippen molar-refractivity contribution in [2.75, 3.05) is 0 Å². The van der Waals surface area contributed by atoms with Gasteiger partial charge in [-0.15, -0.1) is 0 Å². The fourth-order valence-electron chi connectivity index (χ4n) is 1.36. The van der Waals surface area contributed by atoms with Crippen LogP contribution in [0.15, 0.2) is 29.1 Å². The van der Waals surface area contributed by atoms with Crippen molar-refractivity contribution in [3.8, 4) is 11.3 Å². The zero-order chi connectivity index (χ0) is 11.7. The molecular weight excluding hydrogens is 234 g/mol. The van der Waals surface area contributed by atoms with Crippen LogP contribution in [0.2, 0.25) is 0 Å². The molecule has 0 saturated carbocycles.